The zero-order chi connectivity index (χ0) is 20.1. The third kappa shape index (κ3) is 5.42. The van der Waals surface area contributed by atoms with E-state index in [1.807, 2.05) is 35.7 Å². The van der Waals surface area contributed by atoms with Crippen molar-refractivity contribution in [3.05, 3.63) is 64.0 Å². The van der Waals surface area contributed by atoms with E-state index in [0.717, 1.165) is 11.3 Å². The third-order valence-corrected chi connectivity index (χ3v) is 5.09. The minimum atomic E-state index is -0.811. The van der Waals surface area contributed by atoms with Gasteiger partial charge < -0.3 is 10.1 Å². The van der Waals surface area contributed by atoms with Crippen molar-refractivity contribution in [2.75, 3.05) is 5.32 Å². The molecule has 0 aliphatic rings. The first-order valence-electron chi connectivity index (χ1n) is 8.17. The van der Waals surface area contributed by atoms with Crippen LogP contribution in [0.5, 0.6) is 5.75 Å². The molecule has 0 saturated carbocycles. The monoisotopic (exact) mass is 451 g/mol. The van der Waals surface area contributed by atoms with Crippen LogP contribution in [0.4, 0.5) is 5.13 Å². The summed E-state index contributed by atoms with van der Waals surface area (Å²) in [7, 11) is 0. The molecule has 0 radical (unpaired) electrons. The number of thiocarbonyl (C=S) groups is 1. The maximum absolute atomic E-state index is 12.3. The summed E-state index contributed by atoms with van der Waals surface area (Å²) in [4.78, 5) is 16.8. The Kier molecular flexibility index (Phi) is 6.85. The number of rotatable bonds is 5. The highest BCUT2D eigenvalue weighted by molar-refractivity contribution is 7.80. The lowest BCUT2D eigenvalue weighted by atomic mass is 10.2. The van der Waals surface area contributed by atoms with E-state index >= 15 is 0 Å². The first-order chi connectivity index (χ1) is 13.4. The van der Waals surface area contributed by atoms with E-state index in [4.69, 9.17) is 40.2 Å². The summed E-state index contributed by atoms with van der Waals surface area (Å²) in [6.45, 7) is 1.60. The summed E-state index contributed by atoms with van der Waals surface area (Å²) >= 11 is 18.5. The number of hydrogen-bond donors (Lipinski definition) is 2. The van der Waals surface area contributed by atoms with Gasteiger partial charge in [0.1, 0.15) is 5.75 Å². The Labute approximate surface area is 181 Å². The van der Waals surface area contributed by atoms with Crippen LogP contribution in [0.3, 0.4) is 0 Å². The smallest absolute Gasteiger partial charge is 0.266 e. The van der Waals surface area contributed by atoms with Crippen molar-refractivity contribution in [1.29, 1.82) is 0 Å². The summed E-state index contributed by atoms with van der Waals surface area (Å²) in [6.07, 6.45) is -0.811. The normalized spacial score (nSPS) is 11.5. The van der Waals surface area contributed by atoms with Gasteiger partial charge in [0.25, 0.3) is 5.91 Å². The zero-order valence-corrected chi connectivity index (χ0v) is 17.8. The number of benzene rings is 2. The molecule has 1 heterocycles. The molecule has 0 spiro atoms. The Morgan fingerprint density at radius 3 is 2.68 bits per heavy atom. The topological polar surface area (TPSA) is 63.2 Å². The highest BCUT2D eigenvalue weighted by Crippen LogP contribution is 2.28. The molecule has 3 aromatic rings. The van der Waals surface area contributed by atoms with Crippen LogP contribution in [-0.4, -0.2) is 22.1 Å². The van der Waals surface area contributed by atoms with Crippen molar-refractivity contribution in [3.63, 3.8) is 0 Å². The lowest BCUT2D eigenvalue weighted by Crippen LogP contribution is -2.42. The molecule has 1 amide bonds. The molecule has 2 N–H and O–H groups in total. The highest BCUT2D eigenvalue weighted by atomic mass is 35.5. The van der Waals surface area contributed by atoms with Crippen LogP contribution in [0.25, 0.3) is 11.3 Å². The Hall–Kier alpha value is -2.19. The summed E-state index contributed by atoms with van der Waals surface area (Å²) in [6, 6.07) is 14.6. The molecule has 1 unspecified atom stereocenters. The van der Waals surface area contributed by atoms with Crippen LogP contribution in [0.15, 0.2) is 53.9 Å². The van der Waals surface area contributed by atoms with Crippen molar-refractivity contribution in [2.45, 2.75) is 13.0 Å². The van der Waals surface area contributed by atoms with Crippen molar-refractivity contribution in [2.24, 2.45) is 0 Å². The average Bonchev–Trinajstić information content (AvgIpc) is 3.13. The van der Waals surface area contributed by atoms with E-state index in [9.17, 15) is 4.79 Å². The van der Waals surface area contributed by atoms with E-state index < -0.39 is 12.0 Å². The van der Waals surface area contributed by atoms with E-state index in [1.54, 1.807) is 25.1 Å². The van der Waals surface area contributed by atoms with Gasteiger partial charge in [-0.05, 0) is 37.3 Å². The first-order valence-corrected chi connectivity index (χ1v) is 10.2. The summed E-state index contributed by atoms with van der Waals surface area (Å²) < 4.78 is 5.57. The molecule has 1 atom stereocenters. The third-order valence-electron chi connectivity index (χ3n) is 3.60. The van der Waals surface area contributed by atoms with Crippen LogP contribution in [0.2, 0.25) is 10.0 Å². The fourth-order valence-corrected chi connectivity index (χ4v) is 3.67. The Morgan fingerprint density at radius 1 is 1.21 bits per heavy atom. The molecule has 0 bridgehead atoms. The van der Waals surface area contributed by atoms with E-state index in [0.29, 0.717) is 20.9 Å². The molecule has 0 saturated heterocycles. The minimum absolute atomic E-state index is 0.136. The van der Waals surface area contributed by atoms with E-state index in [1.165, 1.54) is 11.3 Å². The van der Waals surface area contributed by atoms with Gasteiger partial charge in [0.2, 0.25) is 0 Å². The molecule has 28 heavy (non-hydrogen) atoms. The number of amides is 1. The van der Waals surface area contributed by atoms with Crippen molar-refractivity contribution >= 4 is 62.9 Å². The number of ether oxygens (including phenoxy) is 1. The number of hydrogen-bond acceptors (Lipinski definition) is 5. The van der Waals surface area contributed by atoms with Gasteiger partial charge in [-0.25, -0.2) is 4.98 Å². The summed E-state index contributed by atoms with van der Waals surface area (Å²) in [5, 5.41) is 8.93. The summed E-state index contributed by atoms with van der Waals surface area (Å²) in [5.41, 5.74) is 1.83. The van der Waals surface area contributed by atoms with Gasteiger partial charge in [-0.3, -0.25) is 10.1 Å². The van der Waals surface area contributed by atoms with Gasteiger partial charge in [-0.15, -0.1) is 11.3 Å². The van der Waals surface area contributed by atoms with Crippen molar-refractivity contribution < 1.29 is 9.53 Å². The Morgan fingerprint density at radius 2 is 1.96 bits per heavy atom. The lowest BCUT2D eigenvalue weighted by molar-refractivity contribution is -0.125. The van der Waals surface area contributed by atoms with Gasteiger partial charge in [-0.1, -0.05) is 53.5 Å². The molecule has 1 aromatic heterocycles. The predicted molar refractivity (Wildman–Crippen MR) is 118 cm³/mol. The van der Waals surface area contributed by atoms with E-state index in [-0.39, 0.29) is 5.11 Å². The molecule has 3 rings (SSSR count). The van der Waals surface area contributed by atoms with Crippen LogP contribution >= 0.6 is 46.8 Å². The standard InChI is InChI=1S/C19H15Cl2N3O2S2/c1-11(26-16-8-7-13(20)9-14(16)21)17(25)23-18(27)24-19-22-15(10-28-19)12-5-3-2-4-6-12/h2-11H,1H3,(H2,22,23,24,25,27). The second kappa shape index (κ2) is 9.34. The number of carbonyl (C=O) groups excluding carboxylic acids is 1. The Balaban J connectivity index is 1.55. The van der Waals surface area contributed by atoms with Crippen molar-refractivity contribution in [1.82, 2.24) is 10.3 Å². The molecule has 2 aromatic carbocycles. The highest BCUT2D eigenvalue weighted by Gasteiger charge is 2.18. The number of nitrogens with one attached hydrogen (secondary N) is 2. The van der Waals surface area contributed by atoms with Crippen LogP contribution in [0.1, 0.15) is 6.92 Å². The Bertz CT molecular complexity index is 996. The number of carbonyl (C=O) groups is 1. The molecule has 144 valence electrons. The maximum atomic E-state index is 12.3. The fraction of sp³-hybridized carbons (Fsp3) is 0.105. The maximum Gasteiger partial charge on any atom is 0.266 e. The van der Waals surface area contributed by atoms with Gasteiger partial charge in [0, 0.05) is 16.0 Å². The molecule has 9 heteroatoms. The van der Waals surface area contributed by atoms with Gasteiger partial charge in [0.15, 0.2) is 16.3 Å². The number of aromatic nitrogens is 1. The average molecular weight is 452 g/mol. The number of anilines is 1. The van der Waals surface area contributed by atoms with Gasteiger partial charge >= 0.3 is 0 Å². The molecule has 0 fully saturated rings. The SMILES string of the molecule is CC(Oc1ccc(Cl)cc1Cl)C(=O)NC(=S)Nc1nc(-c2ccccc2)cs1. The molecular weight excluding hydrogens is 437 g/mol. The number of thiazole rings is 1. The predicted octanol–water partition coefficient (Wildman–Crippen LogP) is 5.40. The molecule has 5 nitrogen and oxygen atoms in total. The van der Waals surface area contributed by atoms with Gasteiger partial charge in [0.05, 0.1) is 10.7 Å². The first kappa shape index (κ1) is 20.5. The molecule has 0 aliphatic carbocycles. The number of nitrogens with zero attached hydrogens (tertiary/aromatic N) is 1. The fourth-order valence-electron chi connectivity index (χ4n) is 2.23. The quantitative estimate of drug-likeness (QED) is 0.508. The second-order valence-electron chi connectivity index (χ2n) is 5.68. The van der Waals surface area contributed by atoms with E-state index in [2.05, 4.69) is 15.6 Å². The van der Waals surface area contributed by atoms with Crippen molar-refractivity contribution in [3.8, 4) is 17.0 Å². The minimum Gasteiger partial charge on any atom is -0.479 e. The number of halogens is 2. The zero-order valence-electron chi connectivity index (χ0n) is 14.6. The summed E-state index contributed by atoms with van der Waals surface area (Å²) in [5.74, 6) is -0.0524. The van der Waals surface area contributed by atoms with Crippen LogP contribution < -0.4 is 15.4 Å². The van der Waals surface area contributed by atoms with Gasteiger partial charge in [-0.2, -0.15) is 0 Å². The largest absolute Gasteiger partial charge is 0.479 e. The molecule has 0 aliphatic heterocycles. The lowest BCUT2D eigenvalue weighted by Gasteiger charge is -2.16. The molecular formula is C19H15Cl2N3O2S2. The van der Waals surface area contributed by atoms with Crippen LogP contribution in [-0.2, 0) is 4.79 Å². The van der Waals surface area contributed by atoms with Crippen LogP contribution in [0, 0.1) is 0 Å². The second-order valence-corrected chi connectivity index (χ2v) is 7.79.